The van der Waals surface area contributed by atoms with Crippen molar-refractivity contribution in [2.24, 2.45) is 5.73 Å². The molecule has 0 aliphatic heterocycles. The lowest BCUT2D eigenvalue weighted by molar-refractivity contribution is 0.597. The van der Waals surface area contributed by atoms with Gasteiger partial charge in [0.2, 0.25) is 9.84 Å². The smallest absolute Gasteiger partial charge is 0.214 e. The highest BCUT2D eigenvalue weighted by atomic mass is 32.2. The van der Waals surface area contributed by atoms with E-state index in [1.807, 2.05) is 13.0 Å². The maximum atomic E-state index is 13.1. The minimum atomic E-state index is -3.75. The summed E-state index contributed by atoms with van der Waals surface area (Å²) in [6, 6.07) is 10.1. The molecular formula is C16H19N5O2S. The maximum Gasteiger partial charge on any atom is 0.214 e. The molecule has 2 heterocycles. The van der Waals surface area contributed by atoms with E-state index in [-0.39, 0.29) is 15.6 Å². The van der Waals surface area contributed by atoms with Crippen LogP contribution >= 0.6 is 0 Å². The van der Waals surface area contributed by atoms with E-state index in [0.717, 1.165) is 11.4 Å². The molecule has 126 valence electrons. The highest BCUT2D eigenvalue weighted by Gasteiger charge is 2.29. The fourth-order valence-corrected chi connectivity index (χ4v) is 4.17. The summed E-state index contributed by atoms with van der Waals surface area (Å²) in [6.07, 6.45) is 0.579. The molecule has 0 unspecified atom stereocenters. The van der Waals surface area contributed by atoms with E-state index in [1.165, 1.54) is 0 Å². The lowest BCUT2D eigenvalue weighted by Crippen LogP contribution is -2.10. The number of hydrogen-bond acceptors (Lipinski definition) is 6. The molecule has 0 amide bonds. The molecule has 3 N–H and O–H groups in total. The lowest BCUT2D eigenvalue weighted by atomic mass is 10.2. The minimum Gasteiger partial charge on any atom is -0.370 e. The highest BCUT2D eigenvalue weighted by Crippen LogP contribution is 2.31. The van der Waals surface area contributed by atoms with Crippen LogP contribution in [0.5, 0.6) is 0 Å². The standard InChI is InChI=1S/C16H19N5O2S/c1-11-10-12(8-9-17)21-16(19-11)14(15(18-2)20-21)24(22,23)13-6-4-3-5-7-13/h3-7,10H,8-9,17H2,1-2H3,(H,18,20). The van der Waals surface area contributed by atoms with Gasteiger partial charge < -0.3 is 11.1 Å². The third-order valence-corrected chi connectivity index (χ3v) is 5.51. The Labute approximate surface area is 140 Å². The SMILES string of the molecule is CNc1nn2c(CCN)cc(C)nc2c1S(=O)(=O)c1ccccc1. The van der Waals surface area contributed by atoms with E-state index >= 15 is 0 Å². The third-order valence-electron chi connectivity index (χ3n) is 3.71. The van der Waals surface area contributed by atoms with Gasteiger partial charge in [-0.1, -0.05) is 18.2 Å². The van der Waals surface area contributed by atoms with Crippen LogP contribution in [0.3, 0.4) is 0 Å². The maximum absolute atomic E-state index is 13.1. The van der Waals surface area contributed by atoms with Crippen LogP contribution in [0.15, 0.2) is 46.2 Å². The fourth-order valence-electron chi connectivity index (χ4n) is 2.65. The molecule has 0 aliphatic carbocycles. The van der Waals surface area contributed by atoms with E-state index in [4.69, 9.17) is 5.73 Å². The molecule has 3 aromatic rings. The highest BCUT2D eigenvalue weighted by molar-refractivity contribution is 7.91. The molecule has 0 atom stereocenters. The van der Waals surface area contributed by atoms with Crippen molar-refractivity contribution < 1.29 is 8.42 Å². The second kappa shape index (κ2) is 6.21. The summed E-state index contributed by atoms with van der Waals surface area (Å²) in [5, 5.41) is 7.26. The first kappa shape index (κ1) is 16.4. The molecular weight excluding hydrogens is 326 g/mol. The van der Waals surface area contributed by atoms with Crippen molar-refractivity contribution >= 4 is 21.3 Å². The van der Waals surface area contributed by atoms with Gasteiger partial charge in [0.25, 0.3) is 0 Å². The number of aryl methyl sites for hydroxylation is 1. The van der Waals surface area contributed by atoms with Gasteiger partial charge in [-0.2, -0.15) is 0 Å². The van der Waals surface area contributed by atoms with Crippen molar-refractivity contribution in [1.29, 1.82) is 0 Å². The van der Waals surface area contributed by atoms with E-state index in [9.17, 15) is 8.42 Å². The Balaban J connectivity index is 2.35. The Morgan fingerprint density at radius 3 is 2.58 bits per heavy atom. The molecule has 1 aromatic carbocycles. The first-order valence-electron chi connectivity index (χ1n) is 7.56. The summed E-state index contributed by atoms with van der Waals surface area (Å²) in [5.74, 6) is 0.273. The molecule has 0 fully saturated rings. The Morgan fingerprint density at radius 1 is 1.25 bits per heavy atom. The van der Waals surface area contributed by atoms with E-state index < -0.39 is 9.84 Å². The van der Waals surface area contributed by atoms with Gasteiger partial charge in [0.15, 0.2) is 16.4 Å². The number of aromatic nitrogens is 3. The summed E-state index contributed by atoms with van der Waals surface area (Å²) in [6.45, 7) is 2.26. The van der Waals surface area contributed by atoms with Gasteiger partial charge in [-0.3, -0.25) is 0 Å². The Hall–Kier alpha value is -2.45. The van der Waals surface area contributed by atoms with Crippen molar-refractivity contribution in [1.82, 2.24) is 14.6 Å². The van der Waals surface area contributed by atoms with Crippen LogP contribution in [0.4, 0.5) is 5.82 Å². The van der Waals surface area contributed by atoms with Crippen molar-refractivity contribution in [3.63, 3.8) is 0 Å². The topological polar surface area (TPSA) is 102 Å². The number of nitrogens with two attached hydrogens (primary N) is 1. The summed E-state index contributed by atoms with van der Waals surface area (Å²) in [5.41, 5.74) is 7.52. The summed E-state index contributed by atoms with van der Waals surface area (Å²) in [4.78, 5) is 4.71. The zero-order chi connectivity index (χ0) is 17.3. The molecule has 0 spiro atoms. The molecule has 0 radical (unpaired) electrons. The van der Waals surface area contributed by atoms with E-state index in [0.29, 0.717) is 18.6 Å². The van der Waals surface area contributed by atoms with Crippen LogP contribution in [-0.4, -0.2) is 36.6 Å². The molecule has 2 aromatic heterocycles. The number of fused-ring (bicyclic) bond motifs is 1. The summed E-state index contributed by atoms with van der Waals surface area (Å²) in [7, 11) is -2.11. The Morgan fingerprint density at radius 2 is 1.96 bits per heavy atom. The fraction of sp³-hybridized carbons (Fsp3) is 0.250. The summed E-state index contributed by atoms with van der Waals surface area (Å²) >= 11 is 0. The Kier molecular flexibility index (Phi) is 4.25. The molecule has 3 rings (SSSR count). The first-order valence-corrected chi connectivity index (χ1v) is 9.04. The second-order valence-electron chi connectivity index (χ2n) is 5.41. The zero-order valence-corrected chi connectivity index (χ0v) is 14.3. The first-order chi connectivity index (χ1) is 11.5. The molecule has 0 saturated carbocycles. The van der Waals surface area contributed by atoms with Gasteiger partial charge in [0, 0.05) is 24.9 Å². The molecule has 8 heteroatoms. The number of sulfone groups is 1. The minimum absolute atomic E-state index is 0.0816. The monoisotopic (exact) mass is 345 g/mol. The molecule has 0 aliphatic rings. The third kappa shape index (κ3) is 2.63. The van der Waals surface area contributed by atoms with Crippen molar-refractivity contribution in [3.05, 3.63) is 47.8 Å². The van der Waals surface area contributed by atoms with Crippen molar-refractivity contribution in [2.45, 2.75) is 23.1 Å². The normalized spacial score (nSPS) is 11.8. The quantitative estimate of drug-likeness (QED) is 0.725. The van der Waals surface area contributed by atoms with Gasteiger partial charge in [0.05, 0.1) is 4.90 Å². The predicted molar refractivity (Wildman–Crippen MR) is 91.9 cm³/mol. The molecule has 0 bridgehead atoms. The van der Waals surface area contributed by atoms with E-state index in [2.05, 4.69) is 15.4 Å². The average molecular weight is 345 g/mol. The van der Waals surface area contributed by atoms with Crippen LogP contribution in [0, 0.1) is 6.92 Å². The van der Waals surface area contributed by atoms with Crippen LogP contribution in [0.1, 0.15) is 11.4 Å². The van der Waals surface area contributed by atoms with Crippen molar-refractivity contribution in [3.8, 4) is 0 Å². The lowest BCUT2D eigenvalue weighted by Gasteiger charge is -2.06. The summed E-state index contributed by atoms with van der Waals surface area (Å²) < 4.78 is 27.8. The van der Waals surface area contributed by atoms with Gasteiger partial charge in [0.1, 0.15) is 0 Å². The zero-order valence-electron chi connectivity index (χ0n) is 13.5. The molecule has 24 heavy (non-hydrogen) atoms. The van der Waals surface area contributed by atoms with Crippen LogP contribution in [0.2, 0.25) is 0 Å². The van der Waals surface area contributed by atoms with Gasteiger partial charge in [-0.05, 0) is 31.7 Å². The molecule has 0 saturated heterocycles. The van der Waals surface area contributed by atoms with E-state index in [1.54, 1.807) is 41.9 Å². The van der Waals surface area contributed by atoms with Crippen LogP contribution in [-0.2, 0) is 16.3 Å². The predicted octanol–water partition coefficient (Wildman–Crippen LogP) is 1.41. The van der Waals surface area contributed by atoms with Crippen molar-refractivity contribution in [2.75, 3.05) is 18.9 Å². The second-order valence-corrected chi connectivity index (χ2v) is 7.29. The van der Waals surface area contributed by atoms with Crippen LogP contribution < -0.4 is 11.1 Å². The van der Waals surface area contributed by atoms with Crippen LogP contribution in [0.25, 0.3) is 5.65 Å². The Bertz CT molecular complexity index is 981. The number of rotatable bonds is 5. The average Bonchev–Trinajstić information content (AvgIpc) is 2.95. The number of anilines is 1. The van der Waals surface area contributed by atoms with Gasteiger partial charge in [-0.25, -0.2) is 17.9 Å². The number of hydrogen-bond donors (Lipinski definition) is 2. The van der Waals surface area contributed by atoms with Gasteiger partial charge in [-0.15, -0.1) is 5.10 Å². The molecule has 7 nitrogen and oxygen atoms in total. The van der Waals surface area contributed by atoms with Gasteiger partial charge >= 0.3 is 0 Å². The number of nitrogens with one attached hydrogen (secondary N) is 1. The number of benzene rings is 1. The number of nitrogens with zero attached hydrogens (tertiary/aromatic N) is 3. The largest absolute Gasteiger partial charge is 0.370 e.